The average Bonchev–Trinajstić information content (AvgIpc) is 3.43. The van der Waals surface area contributed by atoms with E-state index in [1.165, 1.54) is 4.90 Å². The summed E-state index contributed by atoms with van der Waals surface area (Å²) in [4.78, 5) is 56.0. The van der Waals surface area contributed by atoms with Crippen LogP contribution in [0.4, 0.5) is 0 Å². The zero-order chi connectivity index (χ0) is 30.3. The van der Waals surface area contributed by atoms with Crippen molar-refractivity contribution in [1.82, 2.24) is 4.90 Å². The van der Waals surface area contributed by atoms with Gasteiger partial charge in [-0.1, -0.05) is 31.0 Å². The van der Waals surface area contributed by atoms with Crippen molar-refractivity contribution in [2.45, 2.75) is 64.0 Å². The highest BCUT2D eigenvalue weighted by atomic mass is 17.0. The molecular weight excluding hydrogens is 546 g/mol. The lowest BCUT2D eigenvalue weighted by Crippen LogP contribution is -2.52. The maximum Gasteiger partial charge on any atom is 0.332 e. The minimum absolute atomic E-state index is 0.0428. The van der Waals surface area contributed by atoms with Gasteiger partial charge in [0.25, 0.3) is 10.2 Å². The molecule has 1 atom stereocenters. The Morgan fingerprint density at radius 3 is 2.12 bits per heavy atom. The Morgan fingerprint density at radius 1 is 0.951 bits per heavy atom. The quantitative estimate of drug-likeness (QED) is 0.100. The fourth-order valence-electron chi connectivity index (χ4n) is 4.40. The summed E-state index contributed by atoms with van der Waals surface area (Å²) in [6, 6.07) is 7.70. The van der Waals surface area contributed by atoms with Crippen molar-refractivity contribution in [1.29, 1.82) is 0 Å². The number of hydrogen-bond donors (Lipinski definition) is 0. The Kier molecular flexibility index (Phi) is 14.0. The molecule has 0 saturated heterocycles. The van der Waals surface area contributed by atoms with Crippen LogP contribution in [0.5, 0.6) is 5.75 Å². The van der Waals surface area contributed by atoms with Crippen molar-refractivity contribution in [3.8, 4) is 5.75 Å². The monoisotopic (exact) mass is 585 g/mol. The first kappa shape index (κ1) is 33.5. The molecule has 1 aromatic carbocycles. The van der Waals surface area contributed by atoms with Gasteiger partial charge in [0.1, 0.15) is 38.8 Å². The molecule has 1 fully saturated rings. The SMILES string of the molecule is CC(C)(C)N(CC(COc1ccccc1C1CCCC1)OC(=O)COCCO[N+](=O)[O-])C(=O)COCCO[N+](=O)[O-]. The first-order valence-corrected chi connectivity index (χ1v) is 13.4. The lowest BCUT2D eigenvalue weighted by Gasteiger charge is -2.38. The van der Waals surface area contributed by atoms with Crippen LogP contribution in [-0.2, 0) is 33.5 Å². The maximum absolute atomic E-state index is 13.1. The van der Waals surface area contributed by atoms with Gasteiger partial charge in [-0.2, -0.15) is 0 Å². The molecule has 1 saturated carbocycles. The molecule has 0 heterocycles. The van der Waals surface area contributed by atoms with Gasteiger partial charge in [-0.15, -0.1) is 20.2 Å². The Bertz CT molecular complexity index is 994. The molecule has 0 bridgehead atoms. The number of carbonyl (C=O) groups excluding carboxylic acids is 2. The lowest BCUT2D eigenvalue weighted by molar-refractivity contribution is -0.758. The fraction of sp³-hybridized carbons (Fsp3) is 0.692. The number of esters is 1. The van der Waals surface area contributed by atoms with Gasteiger partial charge < -0.3 is 33.5 Å². The second-order valence-corrected chi connectivity index (χ2v) is 10.3. The molecule has 0 spiro atoms. The molecule has 15 nitrogen and oxygen atoms in total. The molecule has 1 aliphatic carbocycles. The van der Waals surface area contributed by atoms with E-state index in [0.717, 1.165) is 31.2 Å². The standard InChI is InChI=1S/C26H39N3O12/c1-26(2,3)27(24(30)18-36-12-14-39-28(32)33)16-21(41-25(31)19-37-13-15-40-29(34)35)17-38-23-11-7-6-10-22(23)20-8-4-5-9-20/h6-7,10-11,20-21H,4-5,8-9,12-19H2,1-3H3. The maximum atomic E-state index is 13.1. The fourth-order valence-corrected chi connectivity index (χ4v) is 4.40. The molecule has 1 aromatic rings. The Hall–Kier alpha value is -3.72. The molecule has 1 amide bonds. The van der Waals surface area contributed by atoms with E-state index in [2.05, 4.69) is 9.68 Å². The smallest absolute Gasteiger partial charge is 0.332 e. The molecule has 2 rings (SSSR count). The largest absolute Gasteiger partial charge is 0.489 e. The topological polar surface area (TPSA) is 179 Å². The lowest BCUT2D eigenvalue weighted by atomic mass is 9.97. The predicted molar refractivity (Wildman–Crippen MR) is 142 cm³/mol. The summed E-state index contributed by atoms with van der Waals surface area (Å²) in [5.74, 6) is -0.125. The molecule has 1 aliphatic rings. The van der Waals surface area contributed by atoms with Gasteiger partial charge in [-0.3, -0.25) is 4.79 Å². The summed E-state index contributed by atoms with van der Waals surface area (Å²) < 4.78 is 22.1. The van der Waals surface area contributed by atoms with E-state index in [0.29, 0.717) is 11.7 Å². The van der Waals surface area contributed by atoms with Crippen LogP contribution in [-0.4, -0.2) is 91.4 Å². The number of rotatable bonds is 19. The molecule has 0 aliphatic heterocycles. The van der Waals surface area contributed by atoms with Crippen LogP contribution >= 0.6 is 0 Å². The highest BCUT2D eigenvalue weighted by Crippen LogP contribution is 2.38. The number of amides is 1. The molecular formula is C26H39N3O12. The Balaban J connectivity index is 2.09. The molecule has 0 aromatic heterocycles. The molecule has 41 heavy (non-hydrogen) atoms. The van der Waals surface area contributed by atoms with Crippen molar-refractivity contribution in [2.75, 3.05) is 52.8 Å². The summed E-state index contributed by atoms with van der Waals surface area (Å²) in [7, 11) is 0. The second-order valence-electron chi connectivity index (χ2n) is 10.3. The summed E-state index contributed by atoms with van der Waals surface area (Å²) in [5, 5.41) is 18.6. The van der Waals surface area contributed by atoms with Gasteiger partial charge >= 0.3 is 5.97 Å². The van der Waals surface area contributed by atoms with Crippen molar-refractivity contribution >= 4 is 11.9 Å². The highest BCUT2D eigenvalue weighted by Gasteiger charge is 2.31. The van der Waals surface area contributed by atoms with Gasteiger partial charge in [0, 0.05) is 5.54 Å². The van der Waals surface area contributed by atoms with Gasteiger partial charge in [-0.05, 0) is 51.2 Å². The van der Waals surface area contributed by atoms with Crippen molar-refractivity contribution in [3.05, 3.63) is 50.1 Å². The first-order valence-electron chi connectivity index (χ1n) is 13.4. The predicted octanol–water partition coefficient (Wildman–Crippen LogP) is 2.71. The molecule has 230 valence electrons. The number of carbonyl (C=O) groups is 2. The van der Waals surface area contributed by atoms with Crippen LogP contribution in [0.3, 0.4) is 0 Å². The van der Waals surface area contributed by atoms with Crippen molar-refractivity contribution in [3.63, 3.8) is 0 Å². The number of hydrogen-bond acceptors (Lipinski definition) is 12. The van der Waals surface area contributed by atoms with Crippen molar-refractivity contribution in [2.24, 2.45) is 0 Å². The molecule has 15 heteroatoms. The van der Waals surface area contributed by atoms with E-state index in [1.54, 1.807) is 20.8 Å². The average molecular weight is 586 g/mol. The molecule has 1 unspecified atom stereocenters. The number of ether oxygens (including phenoxy) is 4. The summed E-state index contributed by atoms with van der Waals surface area (Å²) >= 11 is 0. The van der Waals surface area contributed by atoms with E-state index in [9.17, 15) is 29.8 Å². The first-order chi connectivity index (χ1) is 19.5. The normalized spacial score (nSPS) is 14.2. The van der Waals surface area contributed by atoms with Crippen LogP contribution in [0.15, 0.2) is 24.3 Å². The van der Waals surface area contributed by atoms with E-state index >= 15 is 0 Å². The minimum Gasteiger partial charge on any atom is -0.489 e. The third-order valence-electron chi connectivity index (χ3n) is 6.23. The van der Waals surface area contributed by atoms with Crippen LogP contribution < -0.4 is 4.74 Å². The molecule has 0 N–H and O–H groups in total. The van der Waals surface area contributed by atoms with Crippen molar-refractivity contribution < 1.29 is 48.4 Å². The summed E-state index contributed by atoms with van der Waals surface area (Å²) in [6.07, 6.45) is 3.52. The van der Waals surface area contributed by atoms with Crippen LogP contribution in [0, 0.1) is 20.2 Å². The van der Waals surface area contributed by atoms with Gasteiger partial charge in [-0.25, -0.2) is 4.79 Å². The number of benzene rings is 1. The highest BCUT2D eigenvalue weighted by molar-refractivity contribution is 5.78. The number of nitrogens with zero attached hydrogens (tertiary/aromatic N) is 3. The van der Waals surface area contributed by atoms with Crippen LogP contribution in [0.2, 0.25) is 0 Å². The zero-order valence-electron chi connectivity index (χ0n) is 23.7. The second kappa shape index (κ2) is 17.2. The van der Waals surface area contributed by atoms with Gasteiger partial charge in [0.15, 0.2) is 6.10 Å². The van der Waals surface area contributed by atoms with E-state index in [1.807, 2.05) is 24.3 Å². The molecule has 0 radical (unpaired) electrons. The van der Waals surface area contributed by atoms with Crippen LogP contribution in [0.25, 0.3) is 0 Å². The van der Waals surface area contributed by atoms with E-state index in [4.69, 9.17) is 18.9 Å². The summed E-state index contributed by atoms with van der Waals surface area (Å²) in [6.45, 7) is 3.41. The summed E-state index contributed by atoms with van der Waals surface area (Å²) in [5.41, 5.74) is 0.374. The third-order valence-corrected chi connectivity index (χ3v) is 6.23. The third kappa shape index (κ3) is 13.0. The minimum atomic E-state index is -0.963. The Morgan fingerprint density at radius 2 is 1.54 bits per heavy atom. The van der Waals surface area contributed by atoms with E-state index in [-0.39, 0.29) is 46.2 Å². The van der Waals surface area contributed by atoms with Gasteiger partial charge in [0.2, 0.25) is 5.91 Å². The Labute approximate surface area is 238 Å². The van der Waals surface area contributed by atoms with Gasteiger partial charge in [0.05, 0.1) is 19.8 Å². The zero-order valence-corrected chi connectivity index (χ0v) is 23.7. The number of para-hydroxylation sites is 1. The van der Waals surface area contributed by atoms with E-state index < -0.39 is 40.3 Å². The van der Waals surface area contributed by atoms with Crippen LogP contribution in [0.1, 0.15) is 57.9 Å².